The molecule has 21 heavy (non-hydrogen) atoms. The van der Waals surface area contributed by atoms with E-state index in [2.05, 4.69) is 39.0 Å². The van der Waals surface area contributed by atoms with Gasteiger partial charge in [0.2, 0.25) is 0 Å². The van der Waals surface area contributed by atoms with E-state index >= 15 is 0 Å². The van der Waals surface area contributed by atoms with Crippen LogP contribution in [0.3, 0.4) is 0 Å². The first-order valence-corrected chi connectivity index (χ1v) is 7.44. The summed E-state index contributed by atoms with van der Waals surface area (Å²) < 4.78 is 0. The third-order valence-corrected chi connectivity index (χ3v) is 3.15. The molecule has 0 aliphatic rings. The van der Waals surface area contributed by atoms with Gasteiger partial charge in [-0.1, -0.05) is 6.92 Å². The topological polar surface area (TPSA) is 53.9 Å². The molecule has 0 aliphatic carbocycles. The van der Waals surface area contributed by atoms with Gasteiger partial charge in [-0.15, -0.1) is 0 Å². The van der Waals surface area contributed by atoms with Gasteiger partial charge in [-0.2, -0.15) is 0 Å². The lowest BCUT2D eigenvalue weighted by Crippen LogP contribution is -2.19. The predicted octanol–water partition coefficient (Wildman–Crippen LogP) is 2.89. The quantitative estimate of drug-likeness (QED) is 0.847. The minimum absolute atomic E-state index is 0.802. The summed E-state index contributed by atoms with van der Waals surface area (Å²) in [6, 6.07) is 6.05. The minimum atomic E-state index is 0.802. The predicted molar refractivity (Wildman–Crippen MR) is 86.5 cm³/mol. The maximum atomic E-state index is 4.66. The smallest absolute Gasteiger partial charge is 0.134 e. The average Bonchev–Trinajstić information content (AvgIpc) is 2.49. The van der Waals surface area contributed by atoms with E-state index < -0.39 is 0 Å². The molecule has 0 aromatic carbocycles. The highest BCUT2D eigenvalue weighted by Crippen LogP contribution is 2.17. The van der Waals surface area contributed by atoms with Crippen molar-refractivity contribution >= 4 is 11.6 Å². The molecule has 5 nitrogen and oxygen atoms in total. The van der Waals surface area contributed by atoms with Crippen molar-refractivity contribution in [2.24, 2.45) is 0 Å². The molecule has 0 saturated carbocycles. The fourth-order valence-electron chi connectivity index (χ4n) is 2.13. The third-order valence-electron chi connectivity index (χ3n) is 3.15. The van der Waals surface area contributed by atoms with Crippen LogP contribution < -0.4 is 10.2 Å². The molecule has 0 unspecified atom stereocenters. The molecule has 0 aliphatic heterocycles. The summed E-state index contributed by atoms with van der Waals surface area (Å²) in [4.78, 5) is 15.4. The highest BCUT2D eigenvalue weighted by molar-refractivity contribution is 5.49. The summed E-state index contributed by atoms with van der Waals surface area (Å²) in [7, 11) is 2.05. The van der Waals surface area contributed by atoms with Crippen molar-refractivity contribution < 1.29 is 0 Å². The Morgan fingerprint density at radius 2 is 1.90 bits per heavy atom. The highest BCUT2D eigenvalue weighted by Gasteiger charge is 2.08. The number of nitrogens with one attached hydrogen (secondary N) is 1. The van der Waals surface area contributed by atoms with Crippen molar-refractivity contribution in [1.82, 2.24) is 15.0 Å². The summed E-state index contributed by atoms with van der Waals surface area (Å²) in [5.41, 5.74) is 1.22. The van der Waals surface area contributed by atoms with Gasteiger partial charge in [0, 0.05) is 45.0 Å². The van der Waals surface area contributed by atoms with Crippen molar-refractivity contribution in [2.45, 2.75) is 33.2 Å². The van der Waals surface area contributed by atoms with E-state index in [1.165, 1.54) is 5.56 Å². The van der Waals surface area contributed by atoms with Crippen LogP contribution in [0.5, 0.6) is 0 Å². The Bertz CT molecular complexity index is 532. The average molecular weight is 285 g/mol. The van der Waals surface area contributed by atoms with Gasteiger partial charge in [-0.25, -0.2) is 9.97 Å². The Balaban J connectivity index is 2.20. The molecule has 0 atom stereocenters. The minimum Gasteiger partial charge on any atom is -0.370 e. The summed E-state index contributed by atoms with van der Waals surface area (Å²) in [6.45, 7) is 5.87. The summed E-state index contributed by atoms with van der Waals surface area (Å²) in [5, 5.41) is 3.28. The SMILES string of the molecule is CCCc1nc(NCC)cc(N(C)Cc2ccncc2)n1. The van der Waals surface area contributed by atoms with E-state index in [1.807, 2.05) is 37.6 Å². The molecule has 0 saturated heterocycles. The normalized spacial score (nSPS) is 10.4. The standard InChI is InChI=1S/C16H23N5/c1-4-6-14-19-15(18-5-2)11-16(20-14)21(3)12-13-7-9-17-10-8-13/h7-11H,4-6,12H2,1-3H3,(H,18,19,20). The molecule has 5 heteroatoms. The van der Waals surface area contributed by atoms with E-state index in [4.69, 9.17) is 0 Å². The van der Waals surface area contributed by atoms with Crippen LogP contribution in [0.15, 0.2) is 30.6 Å². The Morgan fingerprint density at radius 3 is 2.57 bits per heavy atom. The highest BCUT2D eigenvalue weighted by atomic mass is 15.2. The molecular formula is C16H23N5. The van der Waals surface area contributed by atoms with Crippen molar-refractivity contribution in [3.8, 4) is 0 Å². The van der Waals surface area contributed by atoms with Gasteiger partial charge in [-0.05, 0) is 31.0 Å². The first kappa shape index (κ1) is 15.2. The summed E-state index contributed by atoms with van der Waals surface area (Å²) in [6.07, 6.45) is 5.57. The van der Waals surface area contributed by atoms with Crippen LogP contribution in [0.1, 0.15) is 31.7 Å². The number of aryl methyl sites for hydroxylation is 1. The number of hydrogen-bond donors (Lipinski definition) is 1. The fourth-order valence-corrected chi connectivity index (χ4v) is 2.13. The van der Waals surface area contributed by atoms with Crippen LogP contribution in [0.4, 0.5) is 11.6 Å². The monoisotopic (exact) mass is 285 g/mol. The number of rotatable bonds is 7. The lowest BCUT2D eigenvalue weighted by atomic mass is 10.2. The maximum Gasteiger partial charge on any atom is 0.134 e. The van der Waals surface area contributed by atoms with E-state index in [9.17, 15) is 0 Å². The van der Waals surface area contributed by atoms with E-state index in [1.54, 1.807) is 0 Å². The van der Waals surface area contributed by atoms with Gasteiger partial charge in [0.1, 0.15) is 17.5 Å². The lowest BCUT2D eigenvalue weighted by Gasteiger charge is -2.19. The zero-order chi connectivity index (χ0) is 15.1. The molecule has 0 bridgehead atoms. The summed E-state index contributed by atoms with van der Waals surface area (Å²) in [5.74, 6) is 2.74. The summed E-state index contributed by atoms with van der Waals surface area (Å²) >= 11 is 0. The largest absolute Gasteiger partial charge is 0.370 e. The second kappa shape index (κ2) is 7.57. The number of hydrogen-bond acceptors (Lipinski definition) is 5. The number of anilines is 2. The van der Waals surface area contributed by atoms with Gasteiger partial charge in [0.05, 0.1) is 0 Å². The molecule has 2 aromatic rings. The van der Waals surface area contributed by atoms with Crippen molar-refractivity contribution in [1.29, 1.82) is 0 Å². The molecule has 2 rings (SSSR count). The van der Waals surface area contributed by atoms with Crippen LogP contribution in [0.2, 0.25) is 0 Å². The third kappa shape index (κ3) is 4.41. The first-order valence-electron chi connectivity index (χ1n) is 7.44. The Hall–Kier alpha value is -2.17. The molecule has 1 N–H and O–H groups in total. The van der Waals surface area contributed by atoms with Gasteiger partial charge in [0.15, 0.2) is 0 Å². The molecule has 0 fully saturated rings. The second-order valence-electron chi connectivity index (χ2n) is 5.02. The first-order chi connectivity index (χ1) is 10.2. The Labute approximate surface area is 126 Å². The number of nitrogens with zero attached hydrogens (tertiary/aromatic N) is 4. The second-order valence-corrected chi connectivity index (χ2v) is 5.02. The van der Waals surface area contributed by atoms with E-state index in [0.717, 1.165) is 43.4 Å². The van der Waals surface area contributed by atoms with Crippen LogP contribution >= 0.6 is 0 Å². The zero-order valence-electron chi connectivity index (χ0n) is 13.0. The van der Waals surface area contributed by atoms with Gasteiger partial charge < -0.3 is 10.2 Å². The van der Waals surface area contributed by atoms with Crippen molar-refractivity contribution in [3.05, 3.63) is 42.0 Å². The van der Waals surface area contributed by atoms with Crippen molar-refractivity contribution in [3.63, 3.8) is 0 Å². The Kier molecular flexibility index (Phi) is 5.49. The molecule has 0 radical (unpaired) electrons. The molecule has 0 amide bonds. The molecule has 0 spiro atoms. The number of pyridine rings is 1. The van der Waals surface area contributed by atoms with Crippen molar-refractivity contribution in [2.75, 3.05) is 23.8 Å². The lowest BCUT2D eigenvalue weighted by molar-refractivity contribution is 0.812. The van der Waals surface area contributed by atoms with E-state index in [0.29, 0.717) is 0 Å². The molecule has 2 heterocycles. The fraction of sp³-hybridized carbons (Fsp3) is 0.438. The van der Waals surface area contributed by atoms with Gasteiger partial charge in [0.25, 0.3) is 0 Å². The van der Waals surface area contributed by atoms with Crippen LogP contribution in [-0.2, 0) is 13.0 Å². The molecule has 2 aromatic heterocycles. The van der Waals surface area contributed by atoms with Crippen LogP contribution in [0.25, 0.3) is 0 Å². The molecular weight excluding hydrogens is 262 g/mol. The Morgan fingerprint density at radius 1 is 1.14 bits per heavy atom. The maximum absolute atomic E-state index is 4.66. The molecule has 112 valence electrons. The number of aromatic nitrogens is 3. The van der Waals surface area contributed by atoms with E-state index in [-0.39, 0.29) is 0 Å². The zero-order valence-corrected chi connectivity index (χ0v) is 13.0. The van der Waals surface area contributed by atoms with Gasteiger partial charge >= 0.3 is 0 Å². The van der Waals surface area contributed by atoms with Crippen LogP contribution in [0, 0.1) is 0 Å². The van der Waals surface area contributed by atoms with Crippen LogP contribution in [-0.4, -0.2) is 28.5 Å². The van der Waals surface area contributed by atoms with Gasteiger partial charge in [-0.3, -0.25) is 4.98 Å².